The first kappa shape index (κ1) is 20.2. The summed E-state index contributed by atoms with van der Waals surface area (Å²) >= 11 is 5.39. The summed E-state index contributed by atoms with van der Waals surface area (Å²) in [6.07, 6.45) is 0. The van der Waals surface area contributed by atoms with E-state index in [0.717, 1.165) is 32.1 Å². The highest BCUT2D eigenvalue weighted by molar-refractivity contribution is 9.10. The Morgan fingerprint density at radius 1 is 0.636 bits per heavy atom. The predicted octanol–water partition coefficient (Wildman–Crippen LogP) is 8.89. The molecule has 5 aromatic carbocycles. The number of carbonyl (C=O) groups is 1. The third kappa shape index (κ3) is 3.43. The van der Waals surface area contributed by atoms with Crippen molar-refractivity contribution < 1.29 is 4.79 Å². The molecule has 0 bridgehead atoms. The molecule has 33 heavy (non-hydrogen) atoms. The zero-order valence-electron chi connectivity index (χ0n) is 17.5. The normalized spacial score (nSPS) is 11.3. The zero-order chi connectivity index (χ0) is 22.4. The van der Waals surface area contributed by atoms with E-state index in [-0.39, 0.29) is 5.91 Å². The maximum atomic E-state index is 13.4. The van der Waals surface area contributed by atoms with Crippen LogP contribution in [0.4, 0.5) is 5.69 Å². The lowest BCUT2D eigenvalue weighted by Gasteiger charge is -2.14. The van der Waals surface area contributed by atoms with Crippen LogP contribution in [-0.2, 0) is 0 Å². The van der Waals surface area contributed by atoms with E-state index in [2.05, 4.69) is 69.8 Å². The lowest BCUT2D eigenvalue weighted by Crippen LogP contribution is -2.13. The summed E-state index contributed by atoms with van der Waals surface area (Å²) in [7, 11) is 0. The molecule has 0 aliphatic carbocycles. The molecule has 0 saturated carbocycles. The van der Waals surface area contributed by atoms with E-state index in [4.69, 9.17) is 0 Å². The summed E-state index contributed by atoms with van der Waals surface area (Å²) in [4.78, 5) is 13.4. The summed E-state index contributed by atoms with van der Waals surface area (Å²) in [5.74, 6) is -0.116. The molecule has 6 rings (SSSR count). The van der Waals surface area contributed by atoms with Crippen LogP contribution in [0.15, 0.2) is 108 Å². The van der Waals surface area contributed by atoms with Crippen molar-refractivity contribution in [1.82, 2.24) is 0 Å². The molecule has 0 fully saturated rings. The Morgan fingerprint density at radius 2 is 1.30 bits per heavy atom. The summed E-state index contributed by atoms with van der Waals surface area (Å²) < 4.78 is 3.48. The molecule has 0 aliphatic rings. The van der Waals surface area contributed by atoms with Crippen LogP contribution in [0.5, 0.6) is 0 Å². The number of thiophene rings is 1. The Labute approximate surface area is 203 Å². The Hall–Kier alpha value is -3.47. The highest BCUT2D eigenvalue weighted by Crippen LogP contribution is 2.41. The van der Waals surface area contributed by atoms with E-state index in [9.17, 15) is 4.79 Å². The number of benzene rings is 5. The van der Waals surface area contributed by atoms with Crippen molar-refractivity contribution in [2.45, 2.75) is 0 Å². The minimum absolute atomic E-state index is 0.116. The van der Waals surface area contributed by atoms with Gasteiger partial charge in [0.15, 0.2) is 0 Å². The molecule has 6 aromatic rings. The molecule has 4 heteroatoms. The summed E-state index contributed by atoms with van der Waals surface area (Å²) in [5.41, 5.74) is 3.61. The van der Waals surface area contributed by atoms with Crippen LogP contribution in [0.1, 0.15) is 10.4 Å². The summed E-state index contributed by atoms with van der Waals surface area (Å²) in [6.45, 7) is 0. The smallest absolute Gasteiger partial charge is 0.256 e. The number of rotatable bonds is 3. The first-order chi connectivity index (χ1) is 16.2. The van der Waals surface area contributed by atoms with Gasteiger partial charge in [0.2, 0.25) is 0 Å². The number of anilines is 1. The first-order valence-electron chi connectivity index (χ1n) is 10.7. The first-order valence-corrected chi connectivity index (χ1v) is 12.3. The average Bonchev–Trinajstić information content (AvgIpc) is 3.24. The number of nitrogens with one attached hydrogen (secondary N) is 1. The fourth-order valence-electron chi connectivity index (χ4n) is 4.44. The van der Waals surface area contributed by atoms with Gasteiger partial charge >= 0.3 is 0 Å². The van der Waals surface area contributed by atoms with Gasteiger partial charge in [-0.15, -0.1) is 11.3 Å². The van der Waals surface area contributed by atoms with Crippen molar-refractivity contribution in [2.24, 2.45) is 0 Å². The third-order valence-electron chi connectivity index (χ3n) is 5.99. The van der Waals surface area contributed by atoms with Crippen molar-refractivity contribution in [3.8, 4) is 11.1 Å². The van der Waals surface area contributed by atoms with Gasteiger partial charge in [-0.3, -0.25) is 4.79 Å². The molecule has 1 amide bonds. The Balaban J connectivity index is 1.47. The third-order valence-corrected chi connectivity index (χ3v) is 7.90. The number of fused-ring (bicyclic) bond motifs is 4. The molecule has 0 spiro atoms. The van der Waals surface area contributed by atoms with Gasteiger partial charge < -0.3 is 5.32 Å². The van der Waals surface area contributed by atoms with Crippen molar-refractivity contribution in [2.75, 3.05) is 5.32 Å². The van der Waals surface area contributed by atoms with Gasteiger partial charge in [-0.05, 0) is 35.0 Å². The number of amides is 1. The number of hydrogen-bond donors (Lipinski definition) is 1. The van der Waals surface area contributed by atoms with Crippen LogP contribution >= 0.6 is 27.3 Å². The lowest BCUT2D eigenvalue weighted by molar-refractivity contribution is 0.102. The summed E-state index contributed by atoms with van der Waals surface area (Å²) in [6, 6.07) is 34.7. The van der Waals surface area contributed by atoms with Gasteiger partial charge in [-0.2, -0.15) is 0 Å². The molecular formula is C29H18BrNOS. The molecule has 2 nitrogen and oxygen atoms in total. The van der Waals surface area contributed by atoms with E-state index in [1.807, 2.05) is 54.6 Å². The lowest BCUT2D eigenvalue weighted by atomic mass is 10.00. The van der Waals surface area contributed by atoms with E-state index in [0.29, 0.717) is 5.56 Å². The molecule has 0 atom stereocenters. The second kappa shape index (κ2) is 8.14. The molecule has 0 unspecified atom stereocenters. The number of halogens is 1. The molecule has 0 radical (unpaired) electrons. The van der Waals surface area contributed by atoms with E-state index < -0.39 is 0 Å². The van der Waals surface area contributed by atoms with Gasteiger partial charge in [0.05, 0.1) is 0 Å². The van der Waals surface area contributed by atoms with Crippen LogP contribution in [0, 0.1) is 0 Å². The fraction of sp³-hybridized carbons (Fsp3) is 0. The Bertz CT molecular complexity index is 1680. The van der Waals surface area contributed by atoms with E-state index >= 15 is 0 Å². The Kier molecular flexibility index (Phi) is 4.97. The van der Waals surface area contributed by atoms with Crippen molar-refractivity contribution in [1.29, 1.82) is 0 Å². The van der Waals surface area contributed by atoms with Crippen molar-refractivity contribution >= 4 is 69.8 Å². The van der Waals surface area contributed by atoms with Crippen LogP contribution in [0.3, 0.4) is 0 Å². The van der Waals surface area contributed by atoms with Crippen LogP contribution in [0.25, 0.3) is 42.1 Å². The van der Waals surface area contributed by atoms with Gasteiger partial charge in [0.25, 0.3) is 5.91 Å². The molecule has 1 heterocycles. The molecule has 1 aromatic heterocycles. The highest BCUT2D eigenvalue weighted by Gasteiger charge is 2.16. The monoisotopic (exact) mass is 507 g/mol. The van der Waals surface area contributed by atoms with Crippen molar-refractivity contribution in [3.05, 3.63) is 113 Å². The molecule has 0 aliphatic heterocycles. The predicted molar refractivity (Wildman–Crippen MR) is 144 cm³/mol. The quantitative estimate of drug-likeness (QED) is 0.254. The van der Waals surface area contributed by atoms with Crippen LogP contribution in [0.2, 0.25) is 0 Å². The summed E-state index contributed by atoms with van der Waals surface area (Å²) in [5, 5.41) is 7.64. The Morgan fingerprint density at radius 3 is 2.18 bits per heavy atom. The molecule has 0 saturated heterocycles. The second-order valence-electron chi connectivity index (χ2n) is 7.92. The van der Waals surface area contributed by atoms with Gasteiger partial charge in [-0.1, -0.05) is 94.8 Å². The molecule has 1 N–H and O–H groups in total. The fourth-order valence-corrected chi connectivity index (χ4v) is 6.14. The molecular weight excluding hydrogens is 490 g/mol. The number of carbonyl (C=O) groups excluding carboxylic acids is 1. The minimum Gasteiger partial charge on any atom is -0.321 e. The maximum absolute atomic E-state index is 13.4. The van der Waals surface area contributed by atoms with E-state index in [1.165, 1.54) is 20.2 Å². The number of hydrogen-bond acceptors (Lipinski definition) is 2. The van der Waals surface area contributed by atoms with Gasteiger partial charge in [0, 0.05) is 47.0 Å². The largest absolute Gasteiger partial charge is 0.321 e. The minimum atomic E-state index is -0.116. The maximum Gasteiger partial charge on any atom is 0.256 e. The van der Waals surface area contributed by atoms with Crippen molar-refractivity contribution in [3.63, 3.8) is 0 Å². The SMILES string of the molecule is O=C(Nc1ccccc1-c1cccc2c1sc1ccccc12)c1ccc(Br)c2ccccc12. The van der Waals surface area contributed by atoms with Gasteiger partial charge in [0.1, 0.15) is 0 Å². The van der Waals surface area contributed by atoms with Gasteiger partial charge in [-0.25, -0.2) is 0 Å². The topological polar surface area (TPSA) is 29.1 Å². The number of para-hydroxylation sites is 1. The highest BCUT2D eigenvalue weighted by atomic mass is 79.9. The zero-order valence-corrected chi connectivity index (χ0v) is 19.9. The van der Waals surface area contributed by atoms with E-state index in [1.54, 1.807) is 11.3 Å². The second-order valence-corrected chi connectivity index (χ2v) is 9.83. The molecule has 158 valence electrons. The van der Waals surface area contributed by atoms with Crippen LogP contribution in [-0.4, -0.2) is 5.91 Å². The average molecular weight is 508 g/mol. The standard InChI is InChI=1S/C29H18BrNOS/c30-25-17-16-24(18-8-1-2-9-19(18)25)29(32)31-26-14-5-3-10-20(26)22-12-7-13-23-21-11-4-6-15-27(21)33-28(22)23/h1-17H,(H,31,32). The van der Waals surface area contributed by atoms with Crippen LogP contribution < -0.4 is 5.32 Å².